The molecular weight excluding hydrogens is 300 g/mol. The first kappa shape index (κ1) is 19.1. The second kappa shape index (κ2) is 9.93. The minimum atomic E-state index is 0. The molecule has 1 aromatic rings. The lowest BCUT2D eigenvalue weighted by atomic mass is 9.92. The summed E-state index contributed by atoms with van der Waals surface area (Å²) in [4.78, 5) is 2.46. The second-order valence-electron chi connectivity index (χ2n) is 5.81. The molecular formula is C17H29ClN2O2. The van der Waals surface area contributed by atoms with Gasteiger partial charge in [0.05, 0.1) is 6.61 Å². The molecule has 4 nitrogen and oxygen atoms in total. The molecule has 0 aliphatic carbocycles. The van der Waals surface area contributed by atoms with E-state index < -0.39 is 0 Å². The largest absolute Gasteiger partial charge is 0.494 e. The summed E-state index contributed by atoms with van der Waals surface area (Å²) in [5, 5.41) is 0. The quantitative estimate of drug-likeness (QED) is 0.836. The number of hydrogen-bond donors (Lipinski definition) is 1. The second-order valence-corrected chi connectivity index (χ2v) is 5.81. The maximum Gasteiger partial charge on any atom is 0.119 e. The van der Waals surface area contributed by atoms with Crippen LogP contribution in [-0.4, -0.2) is 43.8 Å². The van der Waals surface area contributed by atoms with Crippen LogP contribution in [0.15, 0.2) is 24.3 Å². The van der Waals surface area contributed by atoms with Crippen molar-refractivity contribution in [3.63, 3.8) is 0 Å². The third-order valence-corrected chi connectivity index (χ3v) is 4.10. The van der Waals surface area contributed by atoms with E-state index in [1.54, 1.807) is 0 Å². The summed E-state index contributed by atoms with van der Waals surface area (Å²) in [6.45, 7) is 8.75. The number of benzene rings is 1. The standard InChI is InChI=1S/C17H28N2O2.ClH/c1-3-20-16-6-8-17(9-7-16)21-12-11-19-10-4-5-15(13-19)14(2)18;/h6-9,14-15H,3-5,10-13,18H2,1-2H3;1H. The van der Waals surface area contributed by atoms with Gasteiger partial charge in [-0.2, -0.15) is 0 Å². The minimum absolute atomic E-state index is 0. The molecule has 2 unspecified atom stereocenters. The Balaban J connectivity index is 0.00000242. The van der Waals surface area contributed by atoms with E-state index in [0.29, 0.717) is 18.6 Å². The lowest BCUT2D eigenvalue weighted by Gasteiger charge is -2.34. The molecule has 1 heterocycles. The van der Waals surface area contributed by atoms with E-state index in [2.05, 4.69) is 11.8 Å². The average molecular weight is 329 g/mol. The Morgan fingerprint density at radius 2 is 1.86 bits per heavy atom. The van der Waals surface area contributed by atoms with Gasteiger partial charge in [0, 0.05) is 19.1 Å². The van der Waals surface area contributed by atoms with Crippen LogP contribution in [0.5, 0.6) is 11.5 Å². The summed E-state index contributed by atoms with van der Waals surface area (Å²) in [7, 11) is 0. The molecule has 2 N–H and O–H groups in total. The van der Waals surface area contributed by atoms with Gasteiger partial charge in [0.15, 0.2) is 0 Å². The number of nitrogens with two attached hydrogens (primary N) is 1. The summed E-state index contributed by atoms with van der Waals surface area (Å²) < 4.78 is 11.2. The zero-order valence-electron chi connectivity index (χ0n) is 13.7. The van der Waals surface area contributed by atoms with Gasteiger partial charge in [-0.25, -0.2) is 0 Å². The van der Waals surface area contributed by atoms with Crippen LogP contribution in [0.1, 0.15) is 26.7 Å². The van der Waals surface area contributed by atoms with Crippen molar-refractivity contribution in [2.75, 3.05) is 32.8 Å². The topological polar surface area (TPSA) is 47.7 Å². The number of piperidine rings is 1. The fourth-order valence-corrected chi connectivity index (χ4v) is 2.81. The lowest BCUT2D eigenvalue weighted by molar-refractivity contribution is 0.137. The predicted molar refractivity (Wildman–Crippen MR) is 93.2 cm³/mol. The SMILES string of the molecule is CCOc1ccc(OCCN2CCCC(C(C)N)C2)cc1.Cl. The van der Waals surface area contributed by atoms with Crippen molar-refractivity contribution in [3.8, 4) is 11.5 Å². The highest BCUT2D eigenvalue weighted by molar-refractivity contribution is 5.85. The molecule has 2 rings (SSSR count). The minimum Gasteiger partial charge on any atom is -0.494 e. The molecule has 2 atom stereocenters. The van der Waals surface area contributed by atoms with Crippen LogP contribution >= 0.6 is 12.4 Å². The number of rotatable bonds is 7. The Hall–Kier alpha value is -0.970. The van der Waals surface area contributed by atoms with Crippen LogP contribution in [0, 0.1) is 5.92 Å². The zero-order valence-corrected chi connectivity index (χ0v) is 14.5. The Kier molecular flexibility index (Phi) is 8.61. The Bertz CT molecular complexity index is 412. The van der Waals surface area contributed by atoms with E-state index in [1.807, 2.05) is 31.2 Å². The van der Waals surface area contributed by atoms with Gasteiger partial charge >= 0.3 is 0 Å². The van der Waals surface area contributed by atoms with Gasteiger partial charge in [0.25, 0.3) is 0 Å². The van der Waals surface area contributed by atoms with Crippen LogP contribution in [0.25, 0.3) is 0 Å². The fourth-order valence-electron chi connectivity index (χ4n) is 2.81. The molecule has 1 aliphatic rings. The normalized spacial score (nSPS) is 20.0. The highest BCUT2D eigenvalue weighted by Crippen LogP contribution is 2.19. The maximum absolute atomic E-state index is 6.02. The first-order valence-electron chi connectivity index (χ1n) is 8.02. The van der Waals surface area contributed by atoms with E-state index in [4.69, 9.17) is 15.2 Å². The van der Waals surface area contributed by atoms with Crippen LogP contribution in [-0.2, 0) is 0 Å². The summed E-state index contributed by atoms with van der Waals surface area (Å²) in [5.74, 6) is 2.42. The Morgan fingerprint density at radius 3 is 2.45 bits per heavy atom. The van der Waals surface area contributed by atoms with Crippen molar-refractivity contribution in [2.45, 2.75) is 32.7 Å². The molecule has 0 bridgehead atoms. The van der Waals surface area contributed by atoms with E-state index in [0.717, 1.165) is 37.7 Å². The monoisotopic (exact) mass is 328 g/mol. The van der Waals surface area contributed by atoms with Crippen molar-refractivity contribution in [1.29, 1.82) is 0 Å². The smallest absolute Gasteiger partial charge is 0.119 e. The summed E-state index contributed by atoms with van der Waals surface area (Å²) >= 11 is 0. The van der Waals surface area contributed by atoms with Crippen LogP contribution in [0.4, 0.5) is 0 Å². The number of likely N-dealkylation sites (tertiary alicyclic amines) is 1. The van der Waals surface area contributed by atoms with Crippen LogP contribution < -0.4 is 15.2 Å². The van der Waals surface area contributed by atoms with Gasteiger partial charge in [0.2, 0.25) is 0 Å². The molecule has 0 aromatic heterocycles. The van der Waals surface area contributed by atoms with Gasteiger partial charge < -0.3 is 15.2 Å². The maximum atomic E-state index is 6.02. The fraction of sp³-hybridized carbons (Fsp3) is 0.647. The summed E-state index contributed by atoms with van der Waals surface area (Å²) in [6.07, 6.45) is 2.50. The van der Waals surface area contributed by atoms with Crippen molar-refractivity contribution < 1.29 is 9.47 Å². The van der Waals surface area contributed by atoms with Gasteiger partial charge in [-0.3, -0.25) is 4.90 Å². The molecule has 5 heteroatoms. The van der Waals surface area contributed by atoms with Crippen LogP contribution in [0.3, 0.4) is 0 Å². The molecule has 0 amide bonds. The molecule has 22 heavy (non-hydrogen) atoms. The van der Waals surface area contributed by atoms with E-state index >= 15 is 0 Å². The van der Waals surface area contributed by atoms with Crippen molar-refractivity contribution in [1.82, 2.24) is 4.90 Å². The first-order valence-corrected chi connectivity index (χ1v) is 8.02. The third kappa shape index (κ3) is 6.03. The number of hydrogen-bond acceptors (Lipinski definition) is 4. The summed E-state index contributed by atoms with van der Waals surface area (Å²) in [5.41, 5.74) is 6.02. The lowest BCUT2D eigenvalue weighted by Crippen LogP contribution is -2.43. The summed E-state index contributed by atoms with van der Waals surface area (Å²) in [6, 6.07) is 8.12. The molecule has 0 radical (unpaired) electrons. The molecule has 1 aliphatic heterocycles. The number of halogens is 1. The van der Waals surface area contributed by atoms with E-state index in [-0.39, 0.29) is 12.4 Å². The van der Waals surface area contributed by atoms with Crippen LogP contribution in [0.2, 0.25) is 0 Å². The third-order valence-electron chi connectivity index (χ3n) is 4.10. The van der Waals surface area contributed by atoms with Gasteiger partial charge in [-0.05, 0) is 63.4 Å². The first-order chi connectivity index (χ1) is 10.2. The number of ether oxygens (including phenoxy) is 2. The highest BCUT2D eigenvalue weighted by atomic mass is 35.5. The molecule has 126 valence electrons. The average Bonchev–Trinajstić information content (AvgIpc) is 2.50. The molecule has 1 fully saturated rings. The molecule has 0 saturated carbocycles. The highest BCUT2D eigenvalue weighted by Gasteiger charge is 2.22. The van der Waals surface area contributed by atoms with Gasteiger partial charge in [0.1, 0.15) is 18.1 Å². The zero-order chi connectivity index (χ0) is 15.1. The van der Waals surface area contributed by atoms with E-state index in [9.17, 15) is 0 Å². The Labute approximate surface area is 140 Å². The predicted octanol–water partition coefficient (Wildman–Crippen LogP) is 2.95. The van der Waals surface area contributed by atoms with Crippen molar-refractivity contribution in [3.05, 3.63) is 24.3 Å². The molecule has 0 spiro atoms. The number of nitrogens with zero attached hydrogens (tertiary/aromatic N) is 1. The molecule has 1 aromatic carbocycles. The Morgan fingerprint density at radius 1 is 1.23 bits per heavy atom. The molecule has 1 saturated heterocycles. The van der Waals surface area contributed by atoms with Gasteiger partial charge in [-0.1, -0.05) is 0 Å². The van der Waals surface area contributed by atoms with Gasteiger partial charge in [-0.15, -0.1) is 12.4 Å². The van der Waals surface area contributed by atoms with E-state index in [1.165, 1.54) is 12.8 Å². The van der Waals surface area contributed by atoms with Crippen molar-refractivity contribution >= 4 is 12.4 Å². The van der Waals surface area contributed by atoms with Crippen molar-refractivity contribution in [2.24, 2.45) is 11.7 Å².